The van der Waals surface area contributed by atoms with Gasteiger partial charge in [0.05, 0.1) is 0 Å². The molecule has 0 unspecified atom stereocenters. The zero-order valence-electron chi connectivity index (χ0n) is 5.81. The van der Waals surface area contributed by atoms with Crippen molar-refractivity contribution in [1.29, 1.82) is 0 Å². The van der Waals surface area contributed by atoms with E-state index in [0.29, 0.717) is 0 Å². The lowest BCUT2D eigenvalue weighted by Crippen LogP contribution is -2.05. The van der Waals surface area contributed by atoms with Gasteiger partial charge < -0.3 is 4.90 Å². The Morgan fingerprint density at radius 2 is 2.12 bits per heavy atom. The van der Waals surface area contributed by atoms with Crippen molar-refractivity contribution in [1.82, 2.24) is 4.90 Å². The van der Waals surface area contributed by atoms with E-state index in [2.05, 4.69) is 6.58 Å². The zero-order chi connectivity index (χ0) is 6.57. The molecule has 0 rings (SSSR count). The molecule has 46 valence electrons. The molecular weight excluding hydrogens is 98.1 g/mol. The molecule has 0 bridgehead atoms. The van der Waals surface area contributed by atoms with E-state index >= 15 is 0 Å². The average molecular weight is 111 g/mol. The summed E-state index contributed by atoms with van der Waals surface area (Å²) >= 11 is 0. The Bertz CT molecular complexity index is 103. The van der Waals surface area contributed by atoms with Gasteiger partial charge in [-0.05, 0) is 20.0 Å². The molecule has 0 atom stereocenters. The van der Waals surface area contributed by atoms with Crippen LogP contribution in [0.3, 0.4) is 0 Å². The minimum atomic E-state index is 1.22. The van der Waals surface area contributed by atoms with Crippen molar-refractivity contribution in [3.8, 4) is 0 Å². The predicted octanol–water partition coefficient (Wildman–Crippen LogP) is 1.99. The van der Waals surface area contributed by atoms with E-state index in [1.54, 1.807) is 6.20 Å². The van der Waals surface area contributed by atoms with Crippen molar-refractivity contribution >= 4 is 0 Å². The smallest absolute Gasteiger partial charge is 0.0108 e. The molecule has 0 fully saturated rings. The van der Waals surface area contributed by atoms with E-state index in [9.17, 15) is 0 Å². The van der Waals surface area contributed by atoms with Crippen molar-refractivity contribution in [3.05, 3.63) is 24.6 Å². The van der Waals surface area contributed by atoms with Crippen LogP contribution in [0.15, 0.2) is 24.6 Å². The fourth-order valence-electron chi connectivity index (χ4n) is 0.348. The molecule has 1 nitrogen and oxygen atoms in total. The summed E-state index contributed by atoms with van der Waals surface area (Å²) in [5.74, 6) is 0. The summed E-state index contributed by atoms with van der Waals surface area (Å²) in [7, 11) is 1.97. The SMILES string of the molecule is C=CN(C)C(C)=CC. The number of allylic oxidation sites excluding steroid dienone is 2. The maximum Gasteiger partial charge on any atom is 0.0108 e. The summed E-state index contributed by atoms with van der Waals surface area (Å²) in [6, 6.07) is 0. The molecule has 0 radical (unpaired) electrons. The summed E-state index contributed by atoms with van der Waals surface area (Å²) in [6.45, 7) is 7.67. The van der Waals surface area contributed by atoms with Gasteiger partial charge in [-0.25, -0.2) is 0 Å². The first-order chi connectivity index (χ1) is 3.72. The van der Waals surface area contributed by atoms with Crippen LogP contribution in [0.4, 0.5) is 0 Å². The van der Waals surface area contributed by atoms with Gasteiger partial charge in [-0.1, -0.05) is 12.7 Å². The first-order valence-corrected chi connectivity index (χ1v) is 2.70. The highest BCUT2D eigenvalue weighted by molar-refractivity contribution is 4.97. The van der Waals surface area contributed by atoms with Crippen LogP contribution in [0, 0.1) is 0 Å². The first-order valence-electron chi connectivity index (χ1n) is 2.70. The minimum absolute atomic E-state index is 1.22. The molecule has 0 aliphatic rings. The molecule has 0 N–H and O–H groups in total. The molecule has 0 aliphatic carbocycles. The summed E-state index contributed by atoms with van der Waals surface area (Å²) in [5.41, 5.74) is 1.22. The Morgan fingerprint density at radius 1 is 1.62 bits per heavy atom. The molecule has 0 heterocycles. The Kier molecular flexibility index (Phi) is 3.01. The molecule has 8 heavy (non-hydrogen) atoms. The van der Waals surface area contributed by atoms with Crippen LogP contribution >= 0.6 is 0 Å². The fraction of sp³-hybridized carbons (Fsp3) is 0.429. The van der Waals surface area contributed by atoms with Gasteiger partial charge in [0.25, 0.3) is 0 Å². The molecule has 0 aromatic heterocycles. The maximum atomic E-state index is 3.61. The van der Waals surface area contributed by atoms with Gasteiger partial charge in [-0.2, -0.15) is 0 Å². The second-order valence-electron chi connectivity index (χ2n) is 1.72. The number of hydrogen-bond donors (Lipinski definition) is 0. The van der Waals surface area contributed by atoms with Gasteiger partial charge in [0.2, 0.25) is 0 Å². The second-order valence-corrected chi connectivity index (χ2v) is 1.72. The molecule has 0 spiro atoms. The van der Waals surface area contributed by atoms with Gasteiger partial charge in [-0.15, -0.1) is 0 Å². The predicted molar refractivity (Wildman–Crippen MR) is 37.4 cm³/mol. The Balaban J connectivity index is 3.81. The van der Waals surface area contributed by atoms with E-state index in [1.807, 2.05) is 31.9 Å². The summed E-state index contributed by atoms with van der Waals surface area (Å²) in [4.78, 5) is 1.97. The molecule has 0 saturated heterocycles. The number of nitrogens with zero attached hydrogens (tertiary/aromatic N) is 1. The van der Waals surface area contributed by atoms with Crippen LogP contribution in [-0.4, -0.2) is 11.9 Å². The normalized spacial score (nSPS) is 11.1. The zero-order valence-corrected chi connectivity index (χ0v) is 5.81. The van der Waals surface area contributed by atoms with Gasteiger partial charge in [0, 0.05) is 12.7 Å². The third kappa shape index (κ3) is 1.82. The largest absolute Gasteiger partial charge is 0.356 e. The highest BCUT2D eigenvalue weighted by Gasteiger charge is 1.86. The van der Waals surface area contributed by atoms with Gasteiger partial charge in [-0.3, -0.25) is 0 Å². The van der Waals surface area contributed by atoms with E-state index in [-0.39, 0.29) is 0 Å². The van der Waals surface area contributed by atoms with Crippen LogP contribution in [0.2, 0.25) is 0 Å². The van der Waals surface area contributed by atoms with E-state index in [0.717, 1.165) is 0 Å². The van der Waals surface area contributed by atoms with Crippen LogP contribution in [0.25, 0.3) is 0 Å². The van der Waals surface area contributed by atoms with Crippen LogP contribution in [0.5, 0.6) is 0 Å². The molecule has 1 heteroatoms. The van der Waals surface area contributed by atoms with Crippen molar-refractivity contribution in [2.45, 2.75) is 13.8 Å². The van der Waals surface area contributed by atoms with Gasteiger partial charge in [0.15, 0.2) is 0 Å². The molecule has 0 aromatic carbocycles. The molecule has 0 aromatic rings. The number of rotatable bonds is 2. The average Bonchev–Trinajstić information content (AvgIpc) is 1.84. The molecule has 0 saturated carbocycles. The van der Waals surface area contributed by atoms with E-state index < -0.39 is 0 Å². The van der Waals surface area contributed by atoms with E-state index in [4.69, 9.17) is 0 Å². The molecule has 0 aliphatic heterocycles. The fourth-order valence-corrected chi connectivity index (χ4v) is 0.348. The van der Waals surface area contributed by atoms with Crippen LogP contribution < -0.4 is 0 Å². The summed E-state index contributed by atoms with van der Waals surface area (Å²) < 4.78 is 0. The Hall–Kier alpha value is -0.720. The Morgan fingerprint density at radius 3 is 2.25 bits per heavy atom. The topological polar surface area (TPSA) is 3.24 Å². The minimum Gasteiger partial charge on any atom is -0.356 e. The lowest BCUT2D eigenvalue weighted by molar-refractivity contribution is 0.571. The molecule has 0 amide bonds. The van der Waals surface area contributed by atoms with Gasteiger partial charge >= 0.3 is 0 Å². The standard InChI is InChI=1S/C7H13N/c1-5-7(3)8(4)6-2/h5-6H,2H2,1,3-4H3. The maximum absolute atomic E-state index is 3.61. The lowest BCUT2D eigenvalue weighted by Gasteiger charge is -2.11. The third-order valence-corrected chi connectivity index (χ3v) is 1.25. The monoisotopic (exact) mass is 111 g/mol. The van der Waals surface area contributed by atoms with Crippen LogP contribution in [0.1, 0.15) is 13.8 Å². The summed E-state index contributed by atoms with van der Waals surface area (Å²) in [5, 5.41) is 0. The third-order valence-electron chi connectivity index (χ3n) is 1.25. The van der Waals surface area contributed by atoms with Crippen molar-refractivity contribution in [3.63, 3.8) is 0 Å². The van der Waals surface area contributed by atoms with Crippen LogP contribution in [-0.2, 0) is 0 Å². The highest BCUT2D eigenvalue weighted by Crippen LogP contribution is 1.97. The Labute approximate surface area is 51.3 Å². The van der Waals surface area contributed by atoms with Crippen molar-refractivity contribution in [2.75, 3.05) is 7.05 Å². The van der Waals surface area contributed by atoms with Gasteiger partial charge in [0.1, 0.15) is 0 Å². The summed E-state index contributed by atoms with van der Waals surface area (Å²) in [6.07, 6.45) is 3.83. The van der Waals surface area contributed by atoms with E-state index in [1.165, 1.54) is 5.70 Å². The highest BCUT2D eigenvalue weighted by atomic mass is 15.1. The molecular formula is C7H13N. The number of hydrogen-bond acceptors (Lipinski definition) is 1. The quantitative estimate of drug-likeness (QED) is 0.526. The van der Waals surface area contributed by atoms with Crippen molar-refractivity contribution < 1.29 is 0 Å². The lowest BCUT2D eigenvalue weighted by atomic mass is 10.4. The first kappa shape index (κ1) is 7.28. The second kappa shape index (κ2) is 3.30. The van der Waals surface area contributed by atoms with Crippen molar-refractivity contribution in [2.24, 2.45) is 0 Å².